The summed E-state index contributed by atoms with van der Waals surface area (Å²) in [7, 11) is 0. The Morgan fingerprint density at radius 1 is 1.03 bits per heavy atom. The van der Waals surface area contributed by atoms with E-state index in [1.54, 1.807) is 6.26 Å². The van der Waals surface area contributed by atoms with Crippen LogP contribution in [-0.4, -0.2) is 11.8 Å². The van der Waals surface area contributed by atoms with Gasteiger partial charge in [-0.25, -0.2) is 4.90 Å². The van der Waals surface area contributed by atoms with Gasteiger partial charge in [0.25, 0.3) is 0 Å². The lowest BCUT2D eigenvalue weighted by molar-refractivity contribution is -0.125. The van der Waals surface area contributed by atoms with Gasteiger partial charge in [0, 0.05) is 0 Å². The number of allylic oxidation sites excluding steroid dienone is 4. The first-order valence-corrected chi connectivity index (χ1v) is 10.1. The molecule has 2 aliphatic heterocycles. The molecule has 6 nitrogen and oxygen atoms in total. The molecule has 2 aliphatic carbocycles. The fraction of sp³-hybridized carbons (Fsp3) is 0.304. The molecule has 2 heterocycles. The van der Waals surface area contributed by atoms with Crippen LogP contribution in [0.25, 0.3) is 0 Å². The third kappa shape index (κ3) is 3.24. The van der Waals surface area contributed by atoms with Crippen molar-refractivity contribution >= 4 is 23.2 Å². The van der Waals surface area contributed by atoms with E-state index in [9.17, 15) is 9.59 Å². The van der Waals surface area contributed by atoms with Gasteiger partial charge in [-0.05, 0) is 61.3 Å². The summed E-state index contributed by atoms with van der Waals surface area (Å²) in [6.45, 7) is 0. The minimum absolute atomic E-state index is 0.241. The van der Waals surface area contributed by atoms with Crippen molar-refractivity contribution in [1.82, 2.24) is 0 Å². The number of nitrogens with zero attached hydrogens (tertiary/aromatic N) is 1. The second-order valence-corrected chi connectivity index (χ2v) is 7.59. The molecule has 6 heteroatoms. The summed E-state index contributed by atoms with van der Waals surface area (Å²) < 4.78 is 11.6. The Kier molecular flexibility index (Phi) is 4.46. The zero-order valence-corrected chi connectivity index (χ0v) is 16.1. The second-order valence-electron chi connectivity index (χ2n) is 7.59. The Bertz CT molecular complexity index is 1020. The van der Waals surface area contributed by atoms with Gasteiger partial charge in [0.15, 0.2) is 12.0 Å². The molecule has 0 saturated carbocycles. The van der Waals surface area contributed by atoms with Crippen LogP contribution < -0.4 is 10.2 Å². The number of hydrogen-bond donors (Lipinski definition) is 1. The van der Waals surface area contributed by atoms with Crippen molar-refractivity contribution in [1.29, 1.82) is 0 Å². The number of ether oxygens (including phenoxy) is 2. The topological polar surface area (TPSA) is 67.9 Å². The van der Waals surface area contributed by atoms with Gasteiger partial charge in [0.05, 0.1) is 11.4 Å². The Labute approximate surface area is 169 Å². The molecule has 0 aromatic heterocycles. The normalized spacial score (nSPS) is 20.8. The molecule has 29 heavy (non-hydrogen) atoms. The van der Waals surface area contributed by atoms with E-state index in [2.05, 4.69) is 17.5 Å². The third-order valence-electron chi connectivity index (χ3n) is 5.69. The number of aryl methyl sites for hydroxylation is 1. The number of amides is 2. The van der Waals surface area contributed by atoms with Crippen molar-refractivity contribution in [2.24, 2.45) is 0 Å². The molecule has 0 fully saturated rings. The highest BCUT2D eigenvalue weighted by Crippen LogP contribution is 2.40. The van der Waals surface area contributed by atoms with Gasteiger partial charge in [-0.1, -0.05) is 24.3 Å². The fourth-order valence-electron chi connectivity index (χ4n) is 4.28. The maximum Gasteiger partial charge on any atom is 0.243 e. The summed E-state index contributed by atoms with van der Waals surface area (Å²) in [6.07, 6.45) is 14.7. The van der Waals surface area contributed by atoms with Crippen LogP contribution in [0.4, 0.5) is 11.4 Å². The van der Waals surface area contributed by atoms with Crippen molar-refractivity contribution in [2.75, 3.05) is 10.2 Å². The summed E-state index contributed by atoms with van der Waals surface area (Å²) in [4.78, 5) is 26.9. The highest BCUT2D eigenvalue weighted by atomic mass is 16.6. The van der Waals surface area contributed by atoms with Gasteiger partial charge in [-0.15, -0.1) is 0 Å². The number of carbonyl (C=O) groups excluding carboxylic acids is 2. The van der Waals surface area contributed by atoms with Crippen LogP contribution in [0.15, 0.2) is 60.1 Å². The second kappa shape index (κ2) is 7.28. The minimum atomic E-state index is -0.342. The molecule has 0 saturated heterocycles. The van der Waals surface area contributed by atoms with Gasteiger partial charge < -0.3 is 14.8 Å². The van der Waals surface area contributed by atoms with Crippen LogP contribution in [-0.2, 0) is 31.9 Å². The van der Waals surface area contributed by atoms with Gasteiger partial charge in [0.1, 0.15) is 12.7 Å². The molecule has 2 amide bonds. The molecule has 0 radical (unpaired) electrons. The van der Waals surface area contributed by atoms with Gasteiger partial charge in [0.2, 0.25) is 17.7 Å². The predicted octanol–water partition coefficient (Wildman–Crippen LogP) is 4.20. The van der Waals surface area contributed by atoms with Crippen LogP contribution in [0.2, 0.25) is 0 Å². The zero-order chi connectivity index (χ0) is 19.8. The molecule has 1 aromatic carbocycles. The summed E-state index contributed by atoms with van der Waals surface area (Å²) in [5.41, 5.74) is 4.72. The molecule has 0 unspecified atom stereocenters. The van der Waals surface area contributed by atoms with Crippen LogP contribution >= 0.6 is 0 Å². The number of nitrogens with one attached hydrogen (secondary N) is 1. The number of carbonyl (C=O) groups is 2. The predicted molar refractivity (Wildman–Crippen MR) is 109 cm³/mol. The Morgan fingerprint density at radius 3 is 2.79 bits per heavy atom. The summed E-state index contributed by atoms with van der Waals surface area (Å²) in [5.74, 6) is 0.218. The third-order valence-corrected chi connectivity index (χ3v) is 5.69. The minimum Gasteiger partial charge on any atom is -0.463 e. The number of anilines is 2. The molecule has 0 spiro atoms. The van der Waals surface area contributed by atoms with Crippen LogP contribution in [0.5, 0.6) is 0 Å². The van der Waals surface area contributed by atoms with Crippen LogP contribution in [0.1, 0.15) is 43.2 Å². The zero-order valence-electron chi connectivity index (χ0n) is 16.1. The van der Waals surface area contributed by atoms with E-state index < -0.39 is 0 Å². The van der Waals surface area contributed by atoms with E-state index in [1.807, 2.05) is 18.2 Å². The lowest BCUT2D eigenvalue weighted by Crippen LogP contribution is -2.32. The summed E-state index contributed by atoms with van der Waals surface area (Å²) in [6, 6.07) is 3.95. The van der Waals surface area contributed by atoms with E-state index in [0.29, 0.717) is 11.4 Å². The van der Waals surface area contributed by atoms with Crippen LogP contribution in [0.3, 0.4) is 0 Å². The monoisotopic (exact) mass is 390 g/mol. The van der Waals surface area contributed by atoms with Gasteiger partial charge in [-0.2, -0.15) is 0 Å². The summed E-state index contributed by atoms with van der Waals surface area (Å²) >= 11 is 0. The van der Waals surface area contributed by atoms with Crippen molar-refractivity contribution in [2.45, 2.75) is 44.9 Å². The molecule has 0 atom stereocenters. The maximum absolute atomic E-state index is 13.0. The first-order valence-electron chi connectivity index (χ1n) is 10.1. The van der Waals surface area contributed by atoms with Gasteiger partial charge >= 0.3 is 0 Å². The molecule has 0 bridgehead atoms. The summed E-state index contributed by atoms with van der Waals surface area (Å²) in [5, 5.41) is 2.96. The molecule has 148 valence electrons. The average molecular weight is 390 g/mol. The van der Waals surface area contributed by atoms with Crippen molar-refractivity contribution in [3.8, 4) is 0 Å². The fourth-order valence-corrected chi connectivity index (χ4v) is 4.28. The molecule has 1 aromatic rings. The standard InChI is InChI=1S/C23H22N2O4/c26-20-12-21(27)25(18-11-10-15-6-4-5-9-17(15)23(18)24-20)22-14-28-13-19(29-22)16-7-2-1-3-8-16/h1-2,7,10-11,13-14H,3-6,8-9,12H2,(H,24,26). The number of rotatable bonds is 2. The molecular formula is C23H22N2O4. The van der Waals surface area contributed by atoms with Crippen LogP contribution in [0, 0.1) is 0 Å². The number of benzene rings is 1. The molecular weight excluding hydrogens is 368 g/mol. The van der Waals surface area contributed by atoms with E-state index in [4.69, 9.17) is 9.47 Å². The van der Waals surface area contributed by atoms with Crippen molar-refractivity contribution in [3.05, 3.63) is 71.2 Å². The quantitative estimate of drug-likeness (QED) is 0.769. The van der Waals surface area contributed by atoms with Crippen molar-refractivity contribution in [3.63, 3.8) is 0 Å². The number of hydrogen-bond acceptors (Lipinski definition) is 4. The van der Waals surface area contributed by atoms with E-state index in [-0.39, 0.29) is 24.1 Å². The lowest BCUT2D eigenvalue weighted by Gasteiger charge is -2.29. The highest BCUT2D eigenvalue weighted by Gasteiger charge is 2.34. The maximum atomic E-state index is 13.0. The van der Waals surface area contributed by atoms with E-state index in [1.165, 1.54) is 16.7 Å². The average Bonchev–Trinajstić information content (AvgIpc) is 2.89. The molecule has 1 N–H and O–H groups in total. The SMILES string of the molecule is O=C1CC(=O)N(C2=COC=C(C3=CC=CCC3)O2)c2ccc3c(c2N1)CCCC3. The Balaban J connectivity index is 1.54. The van der Waals surface area contributed by atoms with E-state index >= 15 is 0 Å². The first-order chi connectivity index (χ1) is 14.2. The Hall–Kier alpha value is -3.28. The smallest absolute Gasteiger partial charge is 0.243 e. The van der Waals surface area contributed by atoms with E-state index in [0.717, 1.165) is 55.3 Å². The lowest BCUT2D eigenvalue weighted by atomic mass is 9.89. The number of fused-ring (bicyclic) bond motifs is 3. The van der Waals surface area contributed by atoms with Gasteiger partial charge in [-0.3, -0.25) is 9.59 Å². The Morgan fingerprint density at radius 2 is 1.93 bits per heavy atom. The van der Waals surface area contributed by atoms with Crippen molar-refractivity contribution < 1.29 is 19.1 Å². The first kappa shape index (κ1) is 17.8. The highest BCUT2D eigenvalue weighted by molar-refractivity contribution is 6.16. The molecule has 5 rings (SSSR count). The largest absolute Gasteiger partial charge is 0.463 e. The molecule has 4 aliphatic rings.